The number of hydrogen-bond donors (Lipinski definition) is 1. The molecule has 1 atom stereocenters. The molecule has 0 aliphatic carbocycles. The van der Waals surface area contributed by atoms with Crippen LogP contribution in [0.1, 0.15) is 37.3 Å². The molecule has 1 amide bonds. The largest absolute Gasteiger partial charge is 0.417 e. The van der Waals surface area contributed by atoms with Crippen LogP contribution in [0, 0.1) is 0 Å². The number of aromatic nitrogens is 1. The van der Waals surface area contributed by atoms with Crippen LogP contribution in [0.4, 0.5) is 24.7 Å². The Hall–Kier alpha value is -2.61. The molecular weight excluding hydrogens is 393 g/mol. The molecule has 0 radical (unpaired) electrons. The highest BCUT2D eigenvalue weighted by Crippen LogP contribution is 2.29. The Balaban J connectivity index is 1.46. The van der Waals surface area contributed by atoms with Crippen LogP contribution in [-0.2, 0) is 11.0 Å². The number of pyridine rings is 1. The molecule has 1 N–H and O–H groups in total. The highest BCUT2D eigenvalue weighted by Gasteiger charge is 2.31. The Bertz CT molecular complexity index is 829. The first-order chi connectivity index (χ1) is 14.3. The quantitative estimate of drug-likeness (QED) is 0.754. The lowest BCUT2D eigenvalue weighted by atomic mass is 9.99. The maximum Gasteiger partial charge on any atom is 0.417 e. The number of piperazine rings is 1. The second kappa shape index (κ2) is 9.47. The molecule has 1 aliphatic rings. The first-order valence-electron chi connectivity index (χ1n) is 10.2. The van der Waals surface area contributed by atoms with Gasteiger partial charge >= 0.3 is 6.18 Å². The Morgan fingerprint density at radius 3 is 2.30 bits per heavy atom. The van der Waals surface area contributed by atoms with Crippen LogP contribution >= 0.6 is 0 Å². The van der Waals surface area contributed by atoms with Crippen LogP contribution in [0.15, 0.2) is 42.6 Å². The first-order valence-corrected chi connectivity index (χ1v) is 10.2. The van der Waals surface area contributed by atoms with E-state index in [1.807, 2.05) is 34.1 Å². The van der Waals surface area contributed by atoms with E-state index in [4.69, 9.17) is 0 Å². The number of anilines is 2. The van der Waals surface area contributed by atoms with Crippen LogP contribution in [0.3, 0.4) is 0 Å². The van der Waals surface area contributed by atoms with Gasteiger partial charge in [-0.1, -0.05) is 26.0 Å². The Kier molecular flexibility index (Phi) is 6.97. The minimum Gasteiger partial charge on any atom is -0.354 e. The Morgan fingerprint density at radius 2 is 1.77 bits per heavy atom. The lowest BCUT2D eigenvalue weighted by molar-refractivity contribution is -0.137. The van der Waals surface area contributed by atoms with E-state index in [0.717, 1.165) is 24.4 Å². The zero-order valence-corrected chi connectivity index (χ0v) is 17.2. The van der Waals surface area contributed by atoms with Gasteiger partial charge in [-0.05, 0) is 42.2 Å². The molecule has 0 spiro atoms. The smallest absolute Gasteiger partial charge is 0.354 e. The van der Waals surface area contributed by atoms with Crippen LogP contribution in [0.25, 0.3) is 0 Å². The minimum absolute atomic E-state index is 0.0765. The second-order valence-corrected chi connectivity index (χ2v) is 7.65. The molecule has 8 heteroatoms. The van der Waals surface area contributed by atoms with E-state index in [2.05, 4.69) is 24.1 Å². The summed E-state index contributed by atoms with van der Waals surface area (Å²) in [7, 11) is 0. The number of benzene rings is 1. The number of nitrogens with zero attached hydrogens (tertiary/aromatic N) is 3. The summed E-state index contributed by atoms with van der Waals surface area (Å²) in [5, 5.41) is 2.92. The van der Waals surface area contributed by atoms with E-state index in [1.165, 1.54) is 11.6 Å². The van der Waals surface area contributed by atoms with Crippen molar-refractivity contribution < 1.29 is 18.0 Å². The van der Waals surface area contributed by atoms with Gasteiger partial charge in [0.05, 0.1) is 12.1 Å². The SMILES string of the molecule is CCC(C)c1ccc(NC(=O)CN2CCN(c3ccc(C(F)(F)F)cn3)CC2)cc1. The molecule has 3 rings (SSSR count). The number of hydrogen-bond acceptors (Lipinski definition) is 4. The van der Waals surface area contributed by atoms with Crippen molar-refractivity contribution in [3.8, 4) is 0 Å². The van der Waals surface area contributed by atoms with Crippen molar-refractivity contribution in [3.05, 3.63) is 53.7 Å². The maximum atomic E-state index is 12.7. The van der Waals surface area contributed by atoms with Crippen molar-refractivity contribution in [2.45, 2.75) is 32.4 Å². The van der Waals surface area contributed by atoms with E-state index in [-0.39, 0.29) is 12.5 Å². The maximum absolute atomic E-state index is 12.7. The van der Waals surface area contributed by atoms with Crippen LogP contribution < -0.4 is 10.2 Å². The van der Waals surface area contributed by atoms with E-state index in [1.54, 1.807) is 0 Å². The molecule has 2 heterocycles. The number of carbonyl (C=O) groups is 1. The molecule has 30 heavy (non-hydrogen) atoms. The minimum atomic E-state index is -4.38. The highest BCUT2D eigenvalue weighted by atomic mass is 19.4. The summed E-state index contributed by atoms with van der Waals surface area (Å²) in [6.07, 6.45) is -2.45. The van der Waals surface area contributed by atoms with Gasteiger partial charge in [0.2, 0.25) is 5.91 Å². The van der Waals surface area contributed by atoms with E-state index < -0.39 is 11.7 Å². The molecular formula is C22H27F3N4O. The summed E-state index contributed by atoms with van der Waals surface area (Å²) in [6.45, 7) is 7.10. The third-order valence-corrected chi connectivity index (χ3v) is 5.51. The Labute approximate surface area is 174 Å². The summed E-state index contributed by atoms with van der Waals surface area (Å²) < 4.78 is 38.0. The number of alkyl halides is 3. The number of carbonyl (C=O) groups excluding carboxylic acids is 1. The zero-order chi connectivity index (χ0) is 21.7. The monoisotopic (exact) mass is 420 g/mol. The van der Waals surface area contributed by atoms with Gasteiger partial charge in [0, 0.05) is 38.1 Å². The van der Waals surface area contributed by atoms with E-state index in [9.17, 15) is 18.0 Å². The molecule has 1 aromatic heterocycles. The standard InChI is InChI=1S/C22H27F3N4O/c1-3-16(2)17-4-7-19(8-5-17)27-21(30)15-28-10-12-29(13-11-28)20-9-6-18(14-26-20)22(23,24)25/h4-9,14,16H,3,10-13,15H2,1-2H3,(H,27,30). The molecule has 2 aromatic rings. The summed E-state index contributed by atoms with van der Waals surface area (Å²) in [5.74, 6) is 0.936. The summed E-state index contributed by atoms with van der Waals surface area (Å²) in [4.78, 5) is 20.3. The van der Waals surface area contributed by atoms with Crippen LogP contribution in [-0.4, -0.2) is 48.5 Å². The average Bonchev–Trinajstić information content (AvgIpc) is 2.73. The molecule has 0 saturated carbocycles. The third kappa shape index (κ3) is 5.72. The van der Waals surface area contributed by atoms with Crippen molar-refractivity contribution in [2.24, 2.45) is 0 Å². The topological polar surface area (TPSA) is 48.5 Å². The lowest BCUT2D eigenvalue weighted by Crippen LogP contribution is -2.48. The summed E-state index contributed by atoms with van der Waals surface area (Å²) in [5.41, 5.74) is 1.28. The first kappa shape index (κ1) is 22.1. The normalized spacial score (nSPS) is 16.4. The van der Waals surface area contributed by atoms with Gasteiger partial charge in [-0.25, -0.2) is 4.98 Å². The lowest BCUT2D eigenvalue weighted by Gasteiger charge is -2.35. The molecule has 1 saturated heterocycles. The molecule has 162 valence electrons. The summed E-state index contributed by atoms with van der Waals surface area (Å²) in [6, 6.07) is 10.4. The van der Waals surface area contributed by atoms with Crippen molar-refractivity contribution in [3.63, 3.8) is 0 Å². The molecule has 1 aliphatic heterocycles. The van der Waals surface area contributed by atoms with E-state index in [0.29, 0.717) is 37.9 Å². The van der Waals surface area contributed by atoms with Crippen molar-refractivity contribution in [1.29, 1.82) is 0 Å². The fourth-order valence-electron chi connectivity index (χ4n) is 3.41. The van der Waals surface area contributed by atoms with Gasteiger partial charge in [-0.2, -0.15) is 13.2 Å². The van der Waals surface area contributed by atoms with Gasteiger partial charge in [0.15, 0.2) is 0 Å². The third-order valence-electron chi connectivity index (χ3n) is 5.51. The van der Waals surface area contributed by atoms with Gasteiger partial charge in [-0.3, -0.25) is 9.69 Å². The highest BCUT2D eigenvalue weighted by molar-refractivity contribution is 5.92. The molecule has 1 unspecified atom stereocenters. The van der Waals surface area contributed by atoms with Crippen molar-refractivity contribution >= 4 is 17.4 Å². The van der Waals surface area contributed by atoms with Crippen LogP contribution in [0.5, 0.6) is 0 Å². The predicted octanol–water partition coefficient (Wildman–Crippen LogP) is 4.37. The fraction of sp³-hybridized carbons (Fsp3) is 0.455. The van der Waals surface area contributed by atoms with Gasteiger partial charge in [-0.15, -0.1) is 0 Å². The average molecular weight is 420 g/mol. The van der Waals surface area contributed by atoms with Gasteiger partial charge in [0.25, 0.3) is 0 Å². The molecule has 5 nitrogen and oxygen atoms in total. The Morgan fingerprint density at radius 1 is 1.10 bits per heavy atom. The summed E-state index contributed by atoms with van der Waals surface area (Å²) >= 11 is 0. The van der Waals surface area contributed by atoms with E-state index >= 15 is 0 Å². The van der Waals surface area contributed by atoms with Crippen LogP contribution in [0.2, 0.25) is 0 Å². The van der Waals surface area contributed by atoms with Crippen molar-refractivity contribution in [2.75, 3.05) is 42.9 Å². The number of rotatable bonds is 6. The van der Waals surface area contributed by atoms with Gasteiger partial charge in [0.1, 0.15) is 5.82 Å². The number of nitrogens with one attached hydrogen (secondary N) is 1. The molecule has 0 bridgehead atoms. The van der Waals surface area contributed by atoms with Crippen molar-refractivity contribution in [1.82, 2.24) is 9.88 Å². The zero-order valence-electron chi connectivity index (χ0n) is 17.2. The van der Waals surface area contributed by atoms with Gasteiger partial charge < -0.3 is 10.2 Å². The predicted molar refractivity (Wildman–Crippen MR) is 112 cm³/mol. The number of amides is 1. The second-order valence-electron chi connectivity index (χ2n) is 7.65. The molecule has 1 fully saturated rings. The number of halogens is 3. The fourth-order valence-corrected chi connectivity index (χ4v) is 3.41. The molecule has 1 aromatic carbocycles.